The second kappa shape index (κ2) is 6.41. The number of carbonyl (C=O) groups excluding carboxylic acids is 1. The maximum absolute atomic E-state index is 13.2. The number of amides is 1. The van der Waals surface area contributed by atoms with Gasteiger partial charge in [0, 0.05) is 44.6 Å². The molecule has 1 unspecified atom stereocenters. The summed E-state index contributed by atoms with van der Waals surface area (Å²) in [6, 6.07) is 7.40. The minimum atomic E-state index is -2.58. The lowest BCUT2D eigenvalue weighted by Crippen LogP contribution is -2.49. The van der Waals surface area contributed by atoms with Crippen LogP contribution in [0, 0.1) is 6.92 Å². The third-order valence-corrected chi connectivity index (χ3v) is 5.10. The molecule has 0 aromatic heterocycles. The van der Waals surface area contributed by atoms with Crippen molar-refractivity contribution in [2.45, 2.75) is 37.7 Å². The van der Waals surface area contributed by atoms with Crippen LogP contribution in [0.25, 0.3) is 0 Å². The molecule has 0 spiro atoms. The molecule has 2 heterocycles. The number of benzene rings is 1. The number of carbonyl (C=O) groups is 1. The van der Waals surface area contributed by atoms with Crippen molar-refractivity contribution in [3.8, 4) is 0 Å². The molecule has 132 valence electrons. The van der Waals surface area contributed by atoms with Crippen LogP contribution in [0.3, 0.4) is 0 Å². The van der Waals surface area contributed by atoms with Crippen LogP contribution in [-0.2, 0) is 0 Å². The van der Waals surface area contributed by atoms with Gasteiger partial charge in [0.15, 0.2) is 0 Å². The van der Waals surface area contributed by atoms with E-state index in [9.17, 15) is 18.7 Å². The molecule has 24 heavy (non-hydrogen) atoms. The van der Waals surface area contributed by atoms with Gasteiger partial charge in [-0.1, -0.05) is 18.2 Å². The summed E-state index contributed by atoms with van der Waals surface area (Å²) in [4.78, 5) is 16.2. The molecular weight excluding hydrogens is 314 g/mol. The number of aliphatic hydroxyl groups is 1. The molecule has 0 saturated carbocycles. The van der Waals surface area contributed by atoms with Crippen molar-refractivity contribution in [1.29, 1.82) is 0 Å². The largest absolute Gasteiger partial charge is 0.387 e. The van der Waals surface area contributed by atoms with E-state index in [1.165, 1.54) is 0 Å². The van der Waals surface area contributed by atoms with Crippen LogP contribution in [0.5, 0.6) is 0 Å². The van der Waals surface area contributed by atoms with Gasteiger partial charge in [-0.15, -0.1) is 0 Å². The Morgan fingerprint density at radius 2 is 1.83 bits per heavy atom. The molecule has 0 aliphatic carbocycles. The number of aryl methyl sites for hydroxylation is 1. The average molecular weight is 338 g/mol. The van der Waals surface area contributed by atoms with Crippen molar-refractivity contribution >= 4 is 5.91 Å². The van der Waals surface area contributed by atoms with E-state index < -0.39 is 11.5 Å². The van der Waals surface area contributed by atoms with Crippen LogP contribution >= 0.6 is 0 Å². The van der Waals surface area contributed by atoms with E-state index in [1.807, 2.05) is 30.0 Å². The number of likely N-dealkylation sites (tertiary alicyclic amines) is 2. The number of rotatable bonds is 3. The van der Waals surface area contributed by atoms with Gasteiger partial charge in [-0.3, -0.25) is 9.69 Å². The summed E-state index contributed by atoms with van der Waals surface area (Å²) in [6.45, 7) is 3.58. The van der Waals surface area contributed by atoms with Gasteiger partial charge in [-0.2, -0.15) is 0 Å². The lowest BCUT2D eigenvalue weighted by Gasteiger charge is -2.36. The first-order valence-corrected chi connectivity index (χ1v) is 8.46. The Kier molecular flexibility index (Phi) is 4.62. The van der Waals surface area contributed by atoms with Gasteiger partial charge in [0.05, 0.1) is 12.1 Å². The van der Waals surface area contributed by atoms with Crippen molar-refractivity contribution in [3.63, 3.8) is 0 Å². The second-order valence-electron chi connectivity index (χ2n) is 7.15. The molecule has 0 bridgehead atoms. The number of piperidine rings is 1. The van der Waals surface area contributed by atoms with E-state index >= 15 is 0 Å². The standard InChI is InChI=1S/C18H24F2N2O2/c1-14-4-2-3-5-15(14)16(23)22-11-6-17(24,13-22)12-21-9-7-18(19,20)8-10-21/h2-5,24H,6-13H2,1H3. The first-order chi connectivity index (χ1) is 11.3. The van der Waals surface area contributed by atoms with Crippen molar-refractivity contribution in [1.82, 2.24) is 9.80 Å². The van der Waals surface area contributed by atoms with Gasteiger partial charge >= 0.3 is 0 Å². The zero-order chi connectivity index (χ0) is 17.4. The van der Waals surface area contributed by atoms with Crippen molar-refractivity contribution < 1.29 is 18.7 Å². The third kappa shape index (κ3) is 3.75. The Morgan fingerprint density at radius 1 is 1.17 bits per heavy atom. The van der Waals surface area contributed by atoms with Gasteiger partial charge in [-0.25, -0.2) is 8.78 Å². The average Bonchev–Trinajstić information content (AvgIpc) is 2.92. The number of alkyl halides is 2. The molecule has 3 rings (SSSR count). The van der Waals surface area contributed by atoms with Gasteiger partial charge in [0.1, 0.15) is 0 Å². The molecular formula is C18H24F2N2O2. The molecule has 1 atom stereocenters. The van der Waals surface area contributed by atoms with E-state index in [0.29, 0.717) is 38.2 Å². The third-order valence-electron chi connectivity index (χ3n) is 5.10. The number of β-amino-alcohol motifs (C(OH)–C–C–N with tert-alkyl or cyclic N) is 1. The monoisotopic (exact) mass is 338 g/mol. The molecule has 1 aromatic rings. The smallest absolute Gasteiger partial charge is 0.254 e. The normalized spacial score (nSPS) is 27.4. The minimum absolute atomic E-state index is 0.0748. The quantitative estimate of drug-likeness (QED) is 0.920. The Balaban J connectivity index is 1.60. The summed E-state index contributed by atoms with van der Waals surface area (Å²) < 4.78 is 26.5. The molecule has 2 fully saturated rings. The van der Waals surface area contributed by atoms with Crippen LogP contribution in [-0.4, -0.2) is 65.1 Å². The van der Waals surface area contributed by atoms with Crippen LogP contribution in [0.15, 0.2) is 24.3 Å². The molecule has 1 amide bonds. The second-order valence-corrected chi connectivity index (χ2v) is 7.15. The highest BCUT2D eigenvalue weighted by atomic mass is 19.3. The highest BCUT2D eigenvalue weighted by Gasteiger charge is 2.42. The van der Waals surface area contributed by atoms with Crippen molar-refractivity contribution in [2.75, 3.05) is 32.7 Å². The molecule has 6 heteroatoms. The number of nitrogens with zero attached hydrogens (tertiary/aromatic N) is 2. The van der Waals surface area contributed by atoms with Crippen molar-refractivity contribution in [2.24, 2.45) is 0 Å². The molecule has 4 nitrogen and oxygen atoms in total. The summed E-state index contributed by atoms with van der Waals surface area (Å²) in [6.07, 6.45) is 0.168. The summed E-state index contributed by atoms with van der Waals surface area (Å²) in [7, 11) is 0. The Labute approximate surface area is 141 Å². The van der Waals surface area contributed by atoms with Gasteiger partial charge in [-0.05, 0) is 25.0 Å². The minimum Gasteiger partial charge on any atom is -0.387 e. The van der Waals surface area contributed by atoms with E-state index in [1.54, 1.807) is 11.0 Å². The highest BCUT2D eigenvalue weighted by Crippen LogP contribution is 2.30. The van der Waals surface area contributed by atoms with Gasteiger partial charge < -0.3 is 10.0 Å². The molecule has 2 aliphatic heterocycles. The SMILES string of the molecule is Cc1ccccc1C(=O)N1CCC(O)(CN2CCC(F)(F)CC2)C1. The van der Waals surface area contributed by atoms with Gasteiger partial charge in [0.2, 0.25) is 0 Å². The Hall–Kier alpha value is -1.53. The van der Waals surface area contributed by atoms with E-state index in [0.717, 1.165) is 5.56 Å². The Bertz CT molecular complexity index is 613. The predicted molar refractivity (Wildman–Crippen MR) is 87.3 cm³/mol. The number of hydrogen-bond donors (Lipinski definition) is 1. The fourth-order valence-corrected chi connectivity index (χ4v) is 3.60. The summed E-state index contributed by atoms with van der Waals surface area (Å²) in [5.74, 6) is -2.66. The number of hydrogen-bond acceptors (Lipinski definition) is 3. The maximum Gasteiger partial charge on any atom is 0.254 e. The molecule has 1 N–H and O–H groups in total. The fourth-order valence-electron chi connectivity index (χ4n) is 3.60. The summed E-state index contributed by atoms with van der Waals surface area (Å²) in [5.41, 5.74) is 0.556. The fraction of sp³-hybridized carbons (Fsp3) is 0.611. The van der Waals surface area contributed by atoms with Crippen molar-refractivity contribution in [3.05, 3.63) is 35.4 Å². The van der Waals surface area contributed by atoms with Gasteiger partial charge in [0.25, 0.3) is 11.8 Å². The number of halogens is 2. The topological polar surface area (TPSA) is 43.8 Å². The van der Waals surface area contributed by atoms with Crippen LogP contribution < -0.4 is 0 Å². The summed E-state index contributed by atoms with van der Waals surface area (Å²) in [5, 5.41) is 10.8. The maximum atomic E-state index is 13.2. The van der Waals surface area contributed by atoms with E-state index in [4.69, 9.17) is 0 Å². The lowest BCUT2D eigenvalue weighted by atomic mass is 9.99. The highest BCUT2D eigenvalue weighted by molar-refractivity contribution is 5.95. The first kappa shape index (κ1) is 17.3. The predicted octanol–water partition coefficient (Wildman–Crippen LogP) is 2.30. The molecule has 2 saturated heterocycles. The molecule has 1 aromatic carbocycles. The molecule has 0 radical (unpaired) electrons. The zero-order valence-corrected chi connectivity index (χ0v) is 14.0. The Morgan fingerprint density at radius 3 is 2.50 bits per heavy atom. The molecule has 2 aliphatic rings. The van der Waals surface area contributed by atoms with Crippen LogP contribution in [0.4, 0.5) is 8.78 Å². The zero-order valence-electron chi connectivity index (χ0n) is 14.0. The van der Waals surface area contributed by atoms with E-state index in [2.05, 4.69) is 0 Å². The first-order valence-electron chi connectivity index (χ1n) is 8.46. The van der Waals surface area contributed by atoms with E-state index in [-0.39, 0.29) is 25.3 Å². The van der Waals surface area contributed by atoms with Crippen LogP contribution in [0.2, 0.25) is 0 Å². The van der Waals surface area contributed by atoms with Crippen LogP contribution in [0.1, 0.15) is 35.2 Å². The summed E-state index contributed by atoms with van der Waals surface area (Å²) >= 11 is 0. The lowest BCUT2D eigenvalue weighted by molar-refractivity contribution is -0.0720.